The van der Waals surface area contributed by atoms with Gasteiger partial charge in [-0.05, 0) is 47.8 Å². The Labute approximate surface area is 143 Å². The van der Waals surface area contributed by atoms with Crippen molar-refractivity contribution in [3.05, 3.63) is 41.1 Å². The lowest BCUT2D eigenvalue weighted by Crippen LogP contribution is -2.33. The molecular weight excluding hydrogens is 302 g/mol. The molecule has 128 valence electrons. The average Bonchev–Trinajstić information content (AvgIpc) is 3.02. The fraction of sp³-hybridized carbons (Fsp3) is 0.500. The average molecular weight is 327 g/mol. The van der Waals surface area contributed by atoms with Crippen LogP contribution in [0, 0.1) is 0 Å². The third-order valence-corrected chi connectivity index (χ3v) is 5.13. The molecule has 4 heteroatoms. The van der Waals surface area contributed by atoms with Crippen LogP contribution in [0.3, 0.4) is 0 Å². The van der Waals surface area contributed by atoms with Gasteiger partial charge in [-0.15, -0.1) is 0 Å². The first-order valence-corrected chi connectivity index (χ1v) is 8.54. The Kier molecular flexibility index (Phi) is 4.02. The summed E-state index contributed by atoms with van der Waals surface area (Å²) in [6.07, 6.45) is 2.34. The second-order valence-corrected chi connectivity index (χ2v) is 7.83. The van der Waals surface area contributed by atoms with Crippen molar-refractivity contribution in [2.24, 2.45) is 0 Å². The topological polar surface area (TPSA) is 52.3 Å². The van der Waals surface area contributed by atoms with E-state index in [1.54, 1.807) is 13.0 Å². The van der Waals surface area contributed by atoms with E-state index in [2.05, 4.69) is 51.1 Å². The molecule has 0 aliphatic heterocycles. The first-order chi connectivity index (χ1) is 11.2. The number of esters is 1. The van der Waals surface area contributed by atoms with E-state index in [1.165, 1.54) is 17.5 Å². The van der Waals surface area contributed by atoms with Crippen molar-refractivity contribution in [1.82, 2.24) is 5.16 Å². The molecule has 24 heavy (non-hydrogen) atoms. The highest BCUT2D eigenvalue weighted by Crippen LogP contribution is 2.46. The van der Waals surface area contributed by atoms with Crippen LogP contribution in [0.2, 0.25) is 0 Å². The predicted octanol–water partition coefficient (Wildman–Crippen LogP) is 4.87. The molecule has 1 aromatic carbocycles. The molecule has 1 heterocycles. The van der Waals surface area contributed by atoms with Gasteiger partial charge in [-0.3, -0.25) is 0 Å². The summed E-state index contributed by atoms with van der Waals surface area (Å²) in [5.41, 5.74) is 4.22. The Morgan fingerprint density at radius 2 is 1.79 bits per heavy atom. The monoisotopic (exact) mass is 327 g/mol. The number of ether oxygens (including phenoxy) is 1. The Morgan fingerprint density at radius 3 is 2.46 bits per heavy atom. The van der Waals surface area contributed by atoms with Gasteiger partial charge in [0, 0.05) is 11.6 Å². The summed E-state index contributed by atoms with van der Waals surface area (Å²) in [6, 6.07) is 8.09. The molecule has 0 unspecified atom stereocenters. The van der Waals surface area contributed by atoms with Crippen LogP contribution in [0.25, 0.3) is 11.3 Å². The van der Waals surface area contributed by atoms with Gasteiger partial charge in [0.2, 0.25) is 0 Å². The minimum atomic E-state index is -0.452. The van der Waals surface area contributed by atoms with Gasteiger partial charge < -0.3 is 9.26 Å². The minimum absolute atomic E-state index is 0.130. The number of carbonyl (C=O) groups excluding carboxylic acids is 1. The van der Waals surface area contributed by atoms with E-state index in [-0.39, 0.29) is 16.5 Å². The number of fused-ring (bicyclic) bond motifs is 1. The molecule has 0 amide bonds. The van der Waals surface area contributed by atoms with Crippen LogP contribution >= 0.6 is 0 Å². The Morgan fingerprint density at radius 1 is 1.12 bits per heavy atom. The van der Waals surface area contributed by atoms with Gasteiger partial charge in [0.15, 0.2) is 11.5 Å². The summed E-state index contributed by atoms with van der Waals surface area (Å²) in [5.74, 6) is 0.145. The predicted molar refractivity (Wildman–Crippen MR) is 93.2 cm³/mol. The fourth-order valence-electron chi connectivity index (χ4n) is 3.45. The van der Waals surface area contributed by atoms with Gasteiger partial charge >= 0.3 is 5.97 Å². The van der Waals surface area contributed by atoms with Crippen LogP contribution in [-0.2, 0) is 15.6 Å². The van der Waals surface area contributed by atoms with E-state index < -0.39 is 5.97 Å². The molecule has 0 atom stereocenters. The van der Waals surface area contributed by atoms with E-state index in [1.807, 2.05) is 0 Å². The molecule has 0 saturated heterocycles. The zero-order chi connectivity index (χ0) is 17.5. The van der Waals surface area contributed by atoms with Crippen molar-refractivity contribution in [1.29, 1.82) is 0 Å². The highest BCUT2D eigenvalue weighted by Gasteiger charge is 2.37. The maximum Gasteiger partial charge on any atom is 0.360 e. The van der Waals surface area contributed by atoms with E-state index in [0.717, 1.165) is 12.0 Å². The Bertz CT molecular complexity index is 771. The van der Waals surface area contributed by atoms with Crippen LogP contribution in [0.1, 0.15) is 69.1 Å². The minimum Gasteiger partial charge on any atom is -0.461 e. The van der Waals surface area contributed by atoms with Gasteiger partial charge in [-0.1, -0.05) is 45.0 Å². The molecule has 0 radical (unpaired) electrons. The van der Waals surface area contributed by atoms with Crippen molar-refractivity contribution in [3.63, 3.8) is 0 Å². The van der Waals surface area contributed by atoms with Crippen molar-refractivity contribution in [3.8, 4) is 11.3 Å². The quantitative estimate of drug-likeness (QED) is 0.755. The smallest absolute Gasteiger partial charge is 0.360 e. The number of hydrogen-bond acceptors (Lipinski definition) is 4. The van der Waals surface area contributed by atoms with Crippen LogP contribution in [0.4, 0.5) is 0 Å². The molecule has 0 fully saturated rings. The van der Waals surface area contributed by atoms with Gasteiger partial charge in [-0.25, -0.2) is 4.79 Å². The van der Waals surface area contributed by atoms with Gasteiger partial charge in [0.05, 0.1) is 6.61 Å². The Balaban J connectivity index is 2.01. The molecule has 4 nitrogen and oxygen atoms in total. The van der Waals surface area contributed by atoms with Gasteiger partial charge in [0.1, 0.15) is 0 Å². The van der Waals surface area contributed by atoms with Crippen LogP contribution < -0.4 is 0 Å². The molecule has 0 bridgehead atoms. The van der Waals surface area contributed by atoms with Crippen LogP contribution in [0.5, 0.6) is 0 Å². The first-order valence-electron chi connectivity index (χ1n) is 8.54. The lowest BCUT2D eigenvalue weighted by Gasteiger charge is -2.42. The molecule has 0 spiro atoms. The highest BCUT2D eigenvalue weighted by molar-refractivity contribution is 5.88. The van der Waals surface area contributed by atoms with Crippen LogP contribution in [0.15, 0.2) is 28.8 Å². The lowest BCUT2D eigenvalue weighted by atomic mass is 9.63. The molecule has 3 rings (SSSR count). The van der Waals surface area contributed by atoms with E-state index in [4.69, 9.17) is 9.26 Å². The second-order valence-electron chi connectivity index (χ2n) is 7.83. The van der Waals surface area contributed by atoms with Crippen molar-refractivity contribution >= 4 is 5.97 Å². The molecule has 1 aliphatic carbocycles. The molecule has 2 aromatic rings. The summed E-state index contributed by atoms with van der Waals surface area (Å²) in [4.78, 5) is 11.8. The number of hydrogen-bond donors (Lipinski definition) is 0. The van der Waals surface area contributed by atoms with Crippen molar-refractivity contribution < 1.29 is 14.1 Å². The van der Waals surface area contributed by atoms with Gasteiger partial charge in [-0.2, -0.15) is 0 Å². The summed E-state index contributed by atoms with van der Waals surface area (Å²) in [6.45, 7) is 11.3. The standard InChI is InChI=1S/C20H25NO3/c1-6-23-18(22)16-12-17(24-21-16)13-7-8-14-15(11-13)20(4,5)10-9-19(14,2)3/h7-8,11-12H,6,9-10H2,1-5H3. The first kappa shape index (κ1) is 16.7. The highest BCUT2D eigenvalue weighted by atomic mass is 16.5. The molecule has 0 N–H and O–H groups in total. The lowest BCUT2D eigenvalue weighted by molar-refractivity contribution is 0.0514. The van der Waals surface area contributed by atoms with Crippen molar-refractivity contribution in [2.75, 3.05) is 6.61 Å². The molecule has 0 saturated carbocycles. The van der Waals surface area contributed by atoms with Crippen LogP contribution in [-0.4, -0.2) is 17.7 Å². The number of nitrogens with zero attached hydrogens (tertiary/aromatic N) is 1. The summed E-state index contributed by atoms with van der Waals surface area (Å²) in [7, 11) is 0. The molecular formula is C20H25NO3. The fourth-order valence-corrected chi connectivity index (χ4v) is 3.45. The van der Waals surface area contributed by atoms with E-state index in [9.17, 15) is 4.79 Å². The van der Waals surface area contributed by atoms with Crippen molar-refractivity contribution in [2.45, 2.75) is 58.3 Å². The second kappa shape index (κ2) is 5.76. The zero-order valence-corrected chi connectivity index (χ0v) is 15.1. The SMILES string of the molecule is CCOC(=O)c1cc(-c2ccc3c(c2)C(C)(C)CCC3(C)C)on1. The largest absolute Gasteiger partial charge is 0.461 e. The maximum absolute atomic E-state index is 11.8. The number of rotatable bonds is 3. The van der Waals surface area contributed by atoms with Gasteiger partial charge in [0.25, 0.3) is 0 Å². The Hall–Kier alpha value is -2.10. The third-order valence-electron chi connectivity index (χ3n) is 5.13. The molecule has 1 aliphatic rings. The number of carbonyl (C=O) groups is 1. The summed E-state index contributed by atoms with van der Waals surface area (Å²) >= 11 is 0. The van der Waals surface area contributed by atoms with E-state index in [0.29, 0.717) is 12.4 Å². The molecule has 1 aromatic heterocycles. The normalized spacial score (nSPS) is 18.0. The maximum atomic E-state index is 11.8. The number of aromatic nitrogens is 1. The summed E-state index contributed by atoms with van der Waals surface area (Å²) in [5, 5.41) is 3.84. The van der Waals surface area contributed by atoms with E-state index >= 15 is 0 Å². The summed E-state index contributed by atoms with van der Waals surface area (Å²) < 4.78 is 10.3. The number of benzene rings is 1. The third kappa shape index (κ3) is 2.85. The zero-order valence-electron chi connectivity index (χ0n) is 15.1.